The SMILES string of the molecule is CC(C)(C#N)N1CCN(S(=O)(=O)c2ccc(C#N)s2)CC1. The molecule has 0 N–H and O–H groups in total. The zero-order valence-corrected chi connectivity index (χ0v) is 13.5. The van der Waals surface area contributed by atoms with E-state index in [0.717, 1.165) is 11.3 Å². The van der Waals surface area contributed by atoms with Gasteiger partial charge in [0, 0.05) is 26.2 Å². The topological polar surface area (TPSA) is 88.2 Å². The van der Waals surface area contributed by atoms with E-state index in [1.165, 1.54) is 16.4 Å². The zero-order chi connectivity index (χ0) is 15.7. The lowest BCUT2D eigenvalue weighted by Gasteiger charge is -2.39. The third-order valence-corrected chi connectivity index (χ3v) is 6.94. The summed E-state index contributed by atoms with van der Waals surface area (Å²) in [5.41, 5.74) is -0.591. The number of piperazine rings is 1. The molecule has 0 atom stereocenters. The Morgan fingerprint density at radius 1 is 1.19 bits per heavy atom. The molecular weight excluding hydrogens is 308 g/mol. The molecule has 0 radical (unpaired) electrons. The third-order valence-electron chi connectivity index (χ3n) is 3.59. The van der Waals surface area contributed by atoms with Crippen LogP contribution in [0.25, 0.3) is 0 Å². The lowest BCUT2D eigenvalue weighted by Crippen LogP contribution is -2.55. The Balaban J connectivity index is 2.12. The van der Waals surface area contributed by atoms with Gasteiger partial charge in [0.15, 0.2) is 0 Å². The second kappa shape index (κ2) is 5.74. The summed E-state index contributed by atoms with van der Waals surface area (Å²) >= 11 is 0.988. The number of hydrogen-bond acceptors (Lipinski definition) is 6. The molecule has 1 aliphatic heterocycles. The first-order valence-corrected chi connectivity index (χ1v) is 8.73. The molecule has 2 rings (SSSR count). The van der Waals surface area contributed by atoms with Crippen LogP contribution in [-0.2, 0) is 10.0 Å². The van der Waals surface area contributed by atoms with Crippen LogP contribution in [0.15, 0.2) is 16.3 Å². The quantitative estimate of drug-likeness (QED) is 0.834. The molecule has 1 aromatic rings. The molecule has 0 bridgehead atoms. The number of nitrogens with zero attached hydrogens (tertiary/aromatic N) is 4. The standard InChI is InChI=1S/C13H16N4O2S2/c1-13(2,10-15)16-5-7-17(8-6-16)21(18,19)12-4-3-11(9-14)20-12/h3-4H,5-8H2,1-2H3. The van der Waals surface area contributed by atoms with Crippen LogP contribution in [0.5, 0.6) is 0 Å². The van der Waals surface area contributed by atoms with Crippen LogP contribution >= 0.6 is 11.3 Å². The van der Waals surface area contributed by atoms with Gasteiger partial charge in [0.25, 0.3) is 10.0 Å². The van der Waals surface area contributed by atoms with E-state index in [1.54, 1.807) is 0 Å². The van der Waals surface area contributed by atoms with E-state index in [4.69, 9.17) is 10.5 Å². The average molecular weight is 324 g/mol. The van der Waals surface area contributed by atoms with Crippen molar-refractivity contribution in [3.05, 3.63) is 17.0 Å². The van der Waals surface area contributed by atoms with Crippen molar-refractivity contribution in [3.63, 3.8) is 0 Å². The number of thiophene rings is 1. The summed E-state index contributed by atoms with van der Waals surface area (Å²) < 4.78 is 26.6. The highest BCUT2D eigenvalue weighted by atomic mass is 32.2. The minimum Gasteiger partial charge on any atom is -0.283 e. The van der Waals surface area contributed by atoms with Crippen LogP contribution in [0.1, 0.15) is 18.7 Å². The summed E-state index contributed by atoms with van der Waals surface area (Å²) in [6.45, 7) is 5.41. The Kier molecular flexibility index (Phi) is 4.35. The Labute approximate surface area is 128 Å². The van der Waals surface area contributed by atoms with E-state index < -0.39 is 15.6 Å². The Morgan fingerprint density at radius 2 is 1.81 bits per heavy atom. The summed E-state index contributed by atoms with van der Waals surface area (Å²) in [4.78, 5) is 2.37. The molecule has 1 saturated heterocycles. The van der Waals surface area contributed by atoms with E-state index in [9.17, 15) is 8.42 Å². The lowest BCUT2D eigenvalue weighted by atomic mass is 10.0. The molecule has 1 aliphatic rings. The summed E-state index contributed by atoms with van der Waals surface area (Å²) in [6.07, 6.45) is 0. The van der Waals surface area contributed by atoms with E-state index in [2.05, 4.69) is 6.07 Å². The van der Waals surface area contributed by atoms with Crippen molar-refractivity contribution in [1.29, 1.82) is 10.5 Å². The zero-order valence-electron chi connectivity index (χ0n) is 11.9. The molecule has 0 unspecified atom stereocenters. The van der Waals surface area contributed by atoms with Crippen molar-refractivity contribution in [1.82, 2.24) is 9.21 Å². The minimum absolute atomic E-state index is 0.201. The predicted molar refractivity (Wildman–Crippen MR) is 79.1 cm³/mol. The van der Waals surface area contributed by atoms with E-state index in [-0.39, 0.29) is 4.21 Å². The molecule has 1 fully saturated rings. The maximum absolute atomic E-state index is 12.5. The van der Waals surface area contributed by atoms with Gasteiger partial charge in [0.1, 0.15) is 20.7 Å². The number of nitriles is 2. The fourth-order valence-corrected chi connectivity index (χ4v) is 4.88. The van der Waals surface area contributed by atoms with Gasteiger partial charge in [-0.25, -0.2) is 8.42 Å². The molecule has 2 heterocycles. The Hall–Kier alpha value is -1.45. The van der Waals surface area contributed by atoms with Crippen LogP contribution < -0.4 is 0 Å². The van der Waals surface area contributed by atoms with Crippen molar-refractivity contribution in [2.45, 2.75) is 23.6 Å². The summed E-state index contributed by atoms with van der Waals surface area (Å²) in [6, 6.07) is 7.18. The summed E-state index contributed by atoms with van der Waals surface area (Å²) in [5.74, 6) is 0. The van der Waals surface area contributed by atoms with Crippen molar-refractivity contribution >= 4 is 21.4 Å². The van der Waals surface area contributed by atoms with Crippen molar-refractivity contribution in [2.75, 3.05) is 26.2 Å². The number of rotatable bonds is 3. The van der Waals surface area contributed by atoms with Gasteiger partial charge in [-0.15, -0.1) is 11.3 Å². The van der Waals surface area contributed by atoms with Gasteiger partial charge in [-0.05, 0) is 26.0 Å². The van der Waals surface area contributed by atoms with Crippen molar-refractivity contribution in [3.8, 4) is 12.1 Å². The fraction of sp³-hybridized carbons (Fsp3) is 0.538. The van der Waals surface area contributed by atoms with Crippen LogP contribution in [0.4, 0.5) is 0 Å². The molecule has 1 aromatic heterocycles. The highest BCUT2D eigenvalue weighted by molar-refractivity contribution is 7.91. The molecule has 8 heteroatoms. The van der Waals surface area contributed by atoms with E-state index >= 15 is 0 Å². The molecule has 112 valence electrons. The third kappa shape index (κ3) is 3.09. The van der Waals surface area contributed by atoms with Gasteiger partial charge in [0.05, 0.1) is 6.07 Å². The second-order valence-electron chi connectivity index (χ2n) is 5.29. The van der Waals surface area contributed by atoms with Gasteiger partial charge in [0.2, 0.25) is 0 Å². The molecule has 0 spiro atoms. The molecule has 0 aromatic carbocycles. The van der Waals surface area contributed by atoms with Crippen LogP contribution in [0.2, 0.25) is 0 Å². The average Bonchev–Trinajstić information content (AvgIpc) is 2.97. The largest absolute Gasteiger partial charge is 0.283 e. The smallest absolute Gasteiger partial charge is 0.252 e. The van der Waals surface area contributed by atoms with Crippen LogP contribution in [-0.4, -0.2) is 49.3 Å². The first kappa shape index (κ1) is 15.9. The molecule has 0 amide bonds. The highest BCUT2D eigenvalue weighted by Gasteiger charge is 2.34. The van der Waals surface area contributed by atoms with Crippen LogP contribution in [0, 0.1) is 22.7 Å². The molecule has 0 saturated carbocycles. The summed E-state index contributed by atoms with van der Waals surface area (Å²) in [5, 5.41) is 17.9. The maximum Gasteiger partial charge on any atom is 0.252 e. The Morgan fingerprint density at radius 3 is 2.29 bits per heavy atom. The maximum atomic E-state index is 12.5. The molecule has 0 aliphatic carbocycles. The lowest BCUT2D eigenvalue weighted by molar-refractivity contribution is 0.115. The Bertz CT molecular complexity index is 701. The fourth-order valence-electron chi connectivity index (χ4n) is 2.20. The highest BCUT2D eigenvalue weighted by Crippen LogP contribution is 2.26. The molecule has 21 heavy (non-hydrogen) atoms. The monoisotopic (exact) mass is 324 g/mol. The molecule has 6 nitrogen and oxygen atoms in total. The van der Waals surface area contributed by atoms with Crippen molar-refractivity contribution in [2.24, 2.45) is 0 Å². The van der Waals surface area contributed by atoms with Gasteiger partial charge in [-0.3, -0.25) is 4.90 Å². The van der Waals surface area contributed by atoms with E-state index in [0.29, 0.717) is 31.1 Å². The number of hydrogen-bond donors (Lipinski definition) is 0. The van der Waals surface area contributed by atoms with E-state index in [1.807, 2.05) is 24.8 Å². The first-order chi connectivity index (χ1) is 9.81. The number of sulfonamides is 1. The first-order valence-electron chi connectivity index (χ1n) is 6.47. The van der Waals surface area contributed by atoms with Gasteiger partial charge < -0.3 is 0 Å². The van der Waals surface area contributed by atoms with Gasteiger partial charge in [-0.2, -0.15) is 14.8 Å². The summed E-state index contributed by atoms with van der Waals surface area (Å²) in [7, 11) is -3.54. The van der Waals surface area contributed by atoms with Crippen molar-refractivity contribution < 1.29 is 8.42 Å². The second-order valence-corrected chi connectivity index (χ2v) is 8.54. The van der Waals surface area contributed by atoms with Gasteiger partial charge in [-0.1, -0.05) is 0 Å². The normalized spacial score (nSPS) is 18.1. The predicted octanol–water partition coefficient (Wildman–Crippen LogP) is 1.23. The molecular formula is C13H16N4O2S2. The minimum atomic E-state index is -3.54. The van der Waals surface area contributed by atoms with Gasteiger partial charge >= 0.3 is 0 Å². The van der Waals surface area contributed by atoms with Crippen LogP contribution in [0.3, 0.4) is 0 Å².